The maximum Gasteiger partial charge on any atom is 0.341 e. The third kappa shape index (κ3) is 6.69. The van der Waals surface area contributed by atoms with Gasteiger partial charge in [-0.2, -0.15) is 0 Å². The van der Waals surface area contributed by atoms with E-state index >= 15 is 0 Å². The number of carbonyl (C=O) groups is 2. The van der Waals surface area contributed by atoms with Crippen molar-refractivity contribution in [2.45, 2.75) is 25.7 Å². The maximum atomic E-state index is 11.8. The Morgan fingerprint density at radius 1 is 1.30 bits per heavy atom. The number of carboxylic acids is 1. The molecule has 6 nitrogen and oxygen atoms in total. The highest BCUT2D eigenvalue weighted by molar-refractivity contribution is 5.75. The molecule has 1 amide bonds. The second-order valence-corrected chi connectivity index (χ2v) is 5.69. The molecule has 0 aromatic heterocycles. The first-order valence-corrected chi connectivity index (χ1v) is 7.91. The Labute approximate surface area is 135 Å². The summed E-state index contributed by atoms with van der Waals surface area (Å²) in [6.07, 6.45) is 3.23. The van der Waals surface area contributed by atoms with Crippen LogP contribution >= 0.6 is 0 Å². The van der Waals surface area contributed by atoms with Gasteiger partial charge in [0.05, 0.1) is 0 Å². The van der Waals surface area contributed by atoms with Crippen molar-refractivity contribution in [2.75, 3.05) is 26.4 Å². The normalized spacial score (nSPS) is 17.0. The topological polar surface area (TPSA) is 84.9 Å². The Kier molecular flexibility index (Phi) is 6.87. The molecule has 0 saturated carbocycles. The fourth-order valence-electron chi connectivity index (χ4n) is 2.48. The lowest BCUT2D eigenvalue weighted by atomic mass is 10.0. The fourth-order valence-corrected chi connectivity index (χ4v) is 2.48. The zero-order valence-corrected chi connectivity index (χ0v) is 13.1. The minimum absolute atomic E-state index is 0.0818. The van der Waals surface area contributed by atoms with E-state index in [0.29, 0.717) is 24.6 Å². The molecular weight excluding hydrogens is 298 g/mol. The Bertz CT molecular complexity index is 508. The molecule has 6 heteroatoms. The van der Waals surface area contributed by atoms with Gasteiger partial charge in [0, 0.05) is 26.2 Å². The van der Waals surface area contributed by atoms with Crippen LogP contribution in [0.25, 0.3) is 0 Å². The van der Waals surface area contributed by atoms with Crippen LogP contribution in [0.4, 0.5) is 0 Å². The van der Waals surface area contributed by atoms with E-state index in [2.05, 4.69) is 5.32 Å². The second kappa shape index (κ2) is 9.15. The zero-order chi connectivity index (χ0) is 16.5. The van der Waals surface area contributed by atoms with E-state index in [1.165, 1.54) is 0 Å². The van der Waals surface area contributed by atoms with E-state index in [9.17, 15) is 9.59 Å². The van der Waals surface area contributed by atoms with Gasteiger partial charge in [-0.05, 0) is 42.9 Å². The van der Waals surface area contributed by atoms with E-state index in [-0.39, 0.29) is 12.5 Å². The zero-order valence-electron chi connectivity index (χ0n) is 13.1. The average molecular weight is 321 g/mol. The highest BCUT2D eigenvalue weighted by Gasteiger charge is 2.16. The summed E-state index contributed by atoms with van der Waals surface area (Å²) in [5, 5.41) is 11.5. The number of hydrogen-bond acceptors (Lipinski definition) is 4. The largest absolute Gasteiger partial charge is 0.482 e. The van der Waals surface area contributed by atoms with E-state index in [1.54, 1.807) is 12.1 Å². The monoisotopic (exact) mass is 321 g/mol. The molecule has 1 aliphatic rings. The first kappa shape index (κ1) is 17.3. The van der Waals surface area contributed by atoms with Gasteiger partial charge in [0.2, 0.25) is 5.91 Å². The van der Waals surface area contributed by atoms with Crippen molar-refractivity contribution in [3.63, 3.8) is 0 Å². The molecule has 1 aliphatic heterocycles. The molecule has 1 aromatic rings. The molecule has 23 heavy (non-hydrogen) atoms. The van der Waals surface area contributed by atoms with E-state index in [1.807, 2.05) is 12.1 Å². The van der Waals surface area contributed by atoms with E-state index in [0.717, 1.165) is 38.0 Å². The third-order valence-corrected chi connectivity index (χ3v) is 3.83. The number of nitrogens with one attached hydrogen (secondary N) is 1. The number of rotatable bonds is 9. The smallest absolute Gasteiger partial charge is 0.341 e. The molecule has 1 unspecified atom stereocenters. The predicted octanol–water partition coefficient (Wildman–Crippen LogP) is 1.63. The first-order valence-electron chi connectivity index (χ1n) is 7.91. The number of carboxylic acid groups (broad SMARTS) is 1. The highest BCUT2D eigenvalue weighted by atomic mass is 16.5. The van der Waals surface area contributed by atoms with Crippen LogP contribution in [0.1, 0.15) is 24.8 Å². The van der Waals surface area contributed by atoms with Crippen molar-refractivity contribution in [3.8, 4) is 5.75 Å². The minimum atomic E-state index is -0.999. The fraction of sp³-hybridized carbons (Fsp3) is 0.529. The summed E-state index contributed by atoms with van der Waals surface area (Å²) in [7, 11) is 0. The van der Waals surface area contributed by atoms with Crippen molar-refractivity contribution >= 4 is 11.9 Å². The quantitative estimate of drug-likeness (QED) is 0.722. The van der Waals surface area contributed by atoms with Crippen molar-refractivity contribution in [1.29, 1.82) is 0 Å². The third-order valence-electron chi connectivity index (χ3n) is 3.83. The van der Waals surface area contributed by atoms with E-state index in [4.69, 9.17) is 14.6 Å². The molecule has 0 bridgehead atoms. The second-order valence-electron chi connectivity index (χ2n) is 5.69. The summed E-state index contributed by atoms with van der Waals surface area (Å²) >= 11 is 0. The molecular formula is C17H23NO5. The first-order chi connectivity index (χ1) is 11.1. The molecule has 2 N–H and O–H groups in total. The van der Waals surface area contributed by atoms with Gasteiger partial charge in [0.25, 0.3) is 0 Å². The van der Waals surface area contributed by atoms with E-state index < -0.39 is 5.97 Å². The van der Waals surface area contributed by atoms with Crippen LogP contribution < -0.4 is 10.1 Å². The summed E-state index contributed by atoms with van der Waals surface area (Å²) in [6, 6.07) is 7.22. The van der Waals surface area contributed by atoms with Crippen LogP contribution in [0, 0.1) is 5.92 Å². The van der Waals surface area contributed by atoms with Crippen LogP contribution in [0.2, 0.25) is 0 Å². The number of carbonyl (C=O) groups excluding carboxylic acids is 1. The number of aliphatic carboxylic acids is 1. The average Bonchev–Trinajstić information content (AvgIpc) is 3.05. The molecule has 126 valence electrons. The van der Waals surface area contributed by atoms with Crippen molar-refractivity contribution in [3.05, 3.63) is 29.8 Å². The van der Waals surface area contributed by atoms with Crippen LogP contribution in [-0.4, -0.2) is 43.3 Å². The van der Waals surface area contributed by atoms with Gasteiger partial charge < -0.3 is 19.9 Å². The summed E-state index contributed by atoms with van der Waals surface area (Å²) in [5.74, 6) is 0.136. The van der Waals surface area contributed by atoms with Crippen LogP contribution in [-0.2, 0) is 20.7 Å². The number of benzene rings is 1. The van der Waals surface area contributed by atoms with Gasteiger partial charge >= 0.3 is 5.97 Å². The molecule has 0 spiro atoms. The molecule has 0 aliphatic carbocycles. The molecule has 1 atom stereocenters. The van der Waals surface area contributed by atoms with Crippen LogP contribution in [0.3, 0.4) is 0 Å². The maximum absolute atomic E-state index is 11.8. The summed E-state index contributed by atoms with van der Waals surface area (Å²) in [5.41, 5.74) is 1.07. The lowest BCUT2D eigenvalue weighted by Gasteiger charge is -2.09. The Balaban J connectivity index is 1.61. The van der Waals surface area contributed by atoms with Crippen LogP contribution in [0.5, 0.6) is 5.75 Å². The van der Waals surface area contributed by atoms with Gasteiger partial charge in [-0.15, -0.1) is 0 Å². The van der Waals surface area contributed by atoms with Gasteiger partial charge in [-0.1, -0.05) is 12.1 Å². The Hall–Kier alpha value is -2.08. The molecule has 1 heterocycles. The van der Waals surface area contributed by atoms with Gasteiger partial charge in [0.1, 0.15) is 5.75 Å². The minimum Gasteiger partial charge on any atom is -0.482 e. The number of hydrogen-bond donors (Lipinski definition) is 2. The molecule has 2 rings (SSSR count). The molecule has 1 fully saturated rings. The van der Waals surface area contributed by atoms with Gasteiger partial charge in [-0.25, -0.2) is 4.79 Å². The summed E-state index contributed by atoms with van der Waals surface area (Å²) in [6.45, 7) is 1.85. The number of ether oxygens (including phenoxy) is 2. The van der Waals surface area contributed by atoms with Crippen molar-refractivity contribution < 1.29 is 24.2 Å². The highest BCUT2D eigenvalue weighted by Crippen LogP contribution is 2.17. The molecule has 1 saturated heterocycles. The van der Waals surface area contributed by atoms with Crippen molar-refractivity contribution in [2.24, 2.45) is 5.92 Å². The lowest BCUT2D eigenvalue weighted by Crippen LogP contribution is -2.26. The Morgan fingerprint density at radius 3 is 2.74 bits per heavy atom. The number of amides is 1. The van der Waals surface area contributed by atoms with Crippen molar-refractivity contribution in [1.82, 2.24) is 5.32 Å². The lowest BCUT2D eigenvalue weighted by molar-refractivity contribution is -0.139. The predicted molar refractivity (Wildman–Crippen MR) is 84.4 cm³/mol. The Morgan fingerprint density at radius 2 is 2.09 bits per heavy atom. The summed E-state index contributed by atoms with van der Waals surface area (Å²) < 4.78 is 10.4. The SMILES string of the molecule is O=C(O)COc1ccc(CCNC(=O)CCC2CCOC2)cc1. The van der Waals surface area contributed by atoms with Gasteiger partial charge in [-0.3, -0.25) is 4.79 Å². The summed E-state index contributed by atoms with van der Waals surface area (Å²) in [4.78, 5) is 22.2. The molecule has 1 aromatic carbocycles. The molecule has 0 radical (unpaired) electrons. The van der Waals surface area contributed by atoms with Crippen LogP contribution in [0.15, 0.2) is 24.3 Å². The standard InChI is InChI=1S/C17H23NO5/c19-16(6-3-14-8-10-22-11-14)18-9-7-13-1-4-15(5-2-13)23-12-17(20)21/h1-2,4-5,14H,3,6-12H2,(H,18,19)(H,20,21). The van der Waals surface area contributed by atoms with Gasteiger partial charge in [0.15, 0.2) is 6.61 Å².